The minimum Gasteiger partial charge on any atom is -0.481 e. The second-order valence-corrected chi connectivity index (χ2v) is 6.76. The van der Waals surface area contributed by atoms with Gasteiger partial charge in [0.25, 0.3) is 0 Å². The third-order valence-corrected chi connectivity index (χ3v) is 4.24. The molecule has 0 spiro atoms. The Kier molecular flexibility index (Phi) is 7.53. The van der Waals surface area contributed by atoms with Crippen molar-refractivity contribution in [3.63, 3.8) is 0 Å². The minimum atomic E-state index is -4.38. The van der Waals surface area contributed by atoms with Gasteiger partial charge < -0.3 is 14.7 Å². The van der Waals surface area contributed by atoms with E-state index in [1.807, 2.05) is 0 Å². The van der Waals surface area contributed by atoms with Crippen LogP contribution in [0.4, 0.5) is 13.2 Å². The molecule has 174 valence electrons. The van der Waals surface area contributed by atoms with Gasteiger partial charge in [-0.05, 0) is 35.9 Å². The molecule has 13 heteroatoms. The maximum Gasteiger partial charge on any atom is 0.416 e. The monoisotopic (exact) mass is 464 g/mol. The quantitative estimate of drug-likeness (QED) is 0.359. The van der Waals surface area contributed by atoms with Crippen LogP contribution in [-0.4, -0.2) is 42.0 Å². The fourth-order valence-electron chi connectivity index (χ4n) is 2.49. The molecule has 0 unspecified atom stereocenters. The predicted octanol–water partition coefficient (Wildman–Crippen LogP) is 3.08. The van der Waals surface area contributed by atoms with E-state index in [9.17, 15) is 18.0 Å². The topological polar surface area (TPSA) is 125 Å². The number of aromatic nitrogens is 5. The number of ether oxygens (including phenoxy) is 1. The highest BCUT2D eigenvalue weighted by atomic mass is 19.4. The zero-order valence-corrected chi connectivity index (χ0v) is 17.4. The van der Waals surface area contributed by atoms with Crippen LogP contribution >= 0.6 is 0 Å². The molecule has 0 saturated carbocycles. The molecule has 0 fully saturated rings. The minimum absolute atomic E-state index is 0.00271. The summed E-state index contributed by atoms with van der Waals surface area (Å²) in [5.41, 5.74) is 1.00. The van der Waals surface area contributed by atoms with Gasteiger partial charge >= 0.3 is 12.1 Å². The lowest BCUT2D eigenvalue weighted by Crippen LogP contribution is -2.08. The molecule has 3 aromatic rings. The number of hydrogen-bond donors (Lipinski definition) is 1. The number of tetrazole rings is 1. The Morgan fingerprint density at radius 1 is 1.15 bits per heavy atom. The summed E-state index contributed by atoms with van der Waals surface area (Å²) in [5, 5.41) is 24.1. The number of oxime groups is 1. The first kappa shape index (κ1) is 23.6. The number of carboxylic acids is 1. The number of hydrogen-bond acceptors (Lipinski definition) is 8. The van der Waals surface area contributed by atoms with Crippen molar-refractivity contribution in [1.29, 1.82) is 0 Å². The molecule has 0 amide bonds. The van der Waals surface area contributed by atoms with E-state index < -0.39 is 17.7 Å². The number of nitrogens with zero attached hydrogens (tertiary/aromatic N) is 6. The maximum absolute atomic E-state index is 12.6. The van der Waals surface area contributed by atoms with Crippen molar-refractivity contribution >= 4 is 11.7 Å². The van der Waals surface area contributed by atoms with Crippen molar-refractivity contribution in [2.45, 2.75) is 39.3 Å². The first-order valence-corrected chi connectivity index (χ1v) is 9.61. The first-order valence-electron chi connectivity index (χ1n) is 9.61. The van der Waals surface area contributed by atoms with Crippen molar-refractivity contribution in [2.24, 2.45) is 5.16 Å². The van der Waals surface area contributed by atoms with E-state index in [-0.39, 0.29) is 32.0 Å². The Hall–Kier alpha value is -4.03. The normalized spacial score (nSPS) is 11.9. The number of halogens is 3. The summed E-state index contributed by atoms with van der Waals surface area (Å²) in [5.74, 6) is -0.377. The van der Waals surface area contributed by atoms with Crippen molar-refractivity contribution in [3.8, 4) is 5.88 Å². The van der Waals surface area contributed by atoms with E-state index in [1.165, 1.54) is 23.1 Å². The Morgan fingerprint density at radius 3 is 2.55 bits per heavy atom. The lowest BCUT2D eigenvalue weighted by Gasteiger charge is -2.07. The molecule has 3 rings (SSSR count). The van der Waals surface area contributed by atoms with Crippen LogP contribution in [0.25, 0.3) is 0 Å². The summed E-state index contributed by atoms with van der Waals surface area (Å²) in [6, 6.07) is 7.97. The second-order valence-electron chi connectivity index (χ2n) is 6.76. The first-order chi connectivity index (χ1) is 15.7. The molecular formula is C20H19F3N6O4. The van der Waals surface area contributed by atoms with E-state index in [2.05, 4.69) is 25.6 Å². The average molecular weight is 464 g/mol. The summed E-state index contributed by atoms with van der Waals surface area (Å²) in [6.45, 7) is 1.82. The SMILES string of the molecule is C/C(=N\OCc1ccc(C(F)(F)F)cc1)c1ccc(OCc2nnn(CCC(=O)O)n2)nc1. The van der Waals surface area contributed by atoms with Gasteiger partial charge in [0.2, 0.25) is 11.7 Å². The Bertz CT molecular complexity index is 1100. The molecule has 0 bridgehead atoms. The molecule has 0 radical (unpaired) electrons. The van der Waals surface area contributed by atoms with Gasteiger partial charge in [0, 0.05) is 17.8 Å². The molecule has 2 aromatic heterocycles. The summed E-state index contributed by atoms with van der Waals surface area (Å²) in [7, 11) is 0. The summed E-state index contributed by atoms with van der Waals surface area (Å²) < 4.78 is 43.2. The number of rotatable bonds is 10. The smallest absolute Gasteiger partial charge is 0.416 e. The van der Waals surface area contributed by atoms with E-state index in [1.54, 1.807) is 19.1 Å². The molecule has 0 aliphatic heterocycles. The van der Waals surface area contributed by atoms with Crippen LogP contribution in [0, 0.1) is 0 Å². The van der Waals surface area contributed by atoms with Crippen LogP contribution in [-0.2, 0) is 35.6 Å². The van der Waals surface area contributed by atoms with Gasteiger partial charge in [-0.15, -0.1) is 10.2 Å². The number of alkyl halides is 3. The lowest BCUT2D eigenvalue weighted by molar-refractivity contribution is -0.138. The van der Waals surface area contributed by atoms with Crippen LogP contribution in [0.3, 0.4) is 0 Å². The molecule has 10 nitrogen and oxygen atoms in total. The number of aryl methyl sites for hydroxylation is 1. The molecule has 0 aliphatic carbocycles. The third kappa shape index (κ3) is 7.26. The van der Waals surface area contributed by atoms with Crippen molar-refractivity contribution in [2.75, 3.05) is 0 Å². The highest BCUT2D eigenvalue weighted by Crippen LogP contribution is 2.29. The van der Waals surface area contributed by atoms with Gasteiger partial charge in [-0.25, -0.2) is 4.98 Å². The average Bonchev–Trinajstić information content (AvgIpc) is 3.24. The lowest BCUT2D eigenvalue weighted by atomic mass is 10.1. The predicted molar refractivity (Wildman–Crippen MR) is 107 cm³/mol. The number of benzene rings is 1. The second kappa shape index (κ2) is 10.5. The van der Waals surface area contributed by atoms with Crippen LogP contribution in [0.5, 0.6) is 5.88 Å². The summed E-state index contributed by atoms with van der Waals surface area (Å²) in [6.07, 6.45) is -2.98. The molecule has 1 aromatic carbocycles. The molecule has 0 atom stereocenters. The molecular weight excluding hydrogens is 445 g/mol. The largest absolute Gasteiger partial charge is 0.481 e. The van der Waals surface area contributed by atoms with E-state index >= 15 is 0 Å². The van der Waals surface area contributed by atoms with Gasteiger partial charge in [0.1, 0.15) is 6.61 Å². The van der Waals surface area contributed by atoms with E-state index in [4.69, 9.17) is 14.7 Å². The fourth-order valence-corrected chi connectivity index (χ4v) is 2.49. The number of carbonyl (C=O) groups is 1. The summed E-state index contributed by atoms with van der Waals surface area (Å²) in [4.78, 5) is 21.1. The Balaban J connectivity index is 1.47. The van der Waals surface area contributed by atoms with E-state index in [0.29, 0.717) is 22.7 Å². The number of carboxylic acid groups (broad SMARTS) is 1. The molecule has 0 aliphatic rings. The standard InChI is InChI=1S/C20H19F3N6O4/c1-13(27-33-11-14-2-5-16(6-3-14)20(21,22)23)15-4-7-18(24-10-15)32-12-17-25-28-29(26-17)9-8-19(30)31/h2-7,10H,8-9,11-12H2,1H3,(H,30,31)/b27-13+. The Labute approximate surface area is 185 Å². The van der Waals surface area contributed by atoms with Crippen molar-refractivity contribution in [1.82, 2.24) is 25.2 Å². The van der Waals surface area contributed by atoms with E-state index in [0.717, 1.165) is 12.1 Å². The van der Waals surface area contributed by atoms with Crippen molar-refractivity contribution < 1.29 is 32.6 Å². The van der Waals surface area contributed by atoms with Gasteiger partial charge in [-0.3, -0.25) is 4.79 Å². The molecule has 1 N–H and O–H groups in total. The highest BCUT2D eigenvalue weighted by Gasteiger charge is 2.29. The molecule has 2 heterocycles. The zero-order valence-electron chi connectivity index (χ0n) is 17.4. The van der Waals surface area contributed by atoms with Crippen LogP contribution < -0.4 is 4.74 Å². The Morgan fingerprint density at radius 2 is 1.91 bits per heavy atom. The van der Waals surface area contributed by atoms with Gasteiger partial charge in [-0.1, -0.05) is 17.3 Å². The van der Waals surface area contributed by atoms with Gasteiger partial charge in [-0.2, -0.15) is 18.0 Å². The third-order valence-electron chi connectivity index (χ3n) is 4.24. The zero-order chi connectivity index (χ0) is 23.8. The van der Waals surface area contributed by atoms with Crippen LogP contribution in [0.15, 0.2) is 47.8 Å². The van der Waals surface area contributed by atoms with Crippen LogP contribution in [0.2, 0.25) is 0 Å². The van der Waals surface area contributed by atoms with Crippen molar-refractivity contribution in [3.05, 3.63) is 65.1 Å². The number of aliphatic carboxylic acids is 1. The van der Waals surface area contributed by atoms with Gasteiger partial charge in [0.05, 0.1) is 24.2 Å². The fraction of sp³-hybridized carbons (Fsp3) is 0.300. The highest BCUT2D eigenvalue weighted by molar-refractivity contribution is 5.98. The van der Waals surface area contributed by atoms with Crippen LogP contribution in [0.1, 0.15) is 35.9 Å². The maximum atomic E-state index is 12.6. The molecule has 33 heavy (non-hydrogen) atoms. The number of pyridine rings is 1. The summed E-state index contributed by atoms with van der Waals surface area (Å²) >= 11 is 0. The molecule has 0 saturated heterocycles. The van der Waals surface area contributed by atoms with Gasteiger partial charge in [0.15, 0.2) is 6.61 Å².